The van der Waals surface area contributed by atoms with Crippen LogP contribution in [0.2, 0.25) is 0 Å². The fourth-order valence-corrected chi connectivity index (χ4v) is 2.37. The molecule has 2 rings (SSSR count). The third-order valence-corrected chi connectivity index (χ3v) is 3.68. The number of rotatable bonds is 9. The van der Waals surface area contributed by atoms with Crippen molar-refractivity contribution in [2.45, 2.75) is 19.6 Å². The van der Waals surface area contributed by atoms with Gasteiger partial charge in [-0.3, -0.25) is 0 Å². The molecule has 5 N–H and O–H groups in total. The maximum atomic E-state index is 11.4. The van der Waals surface area contributed by atoms with Gasteiger partial charge in [-0.2, -0.15) is 0 Å². The van der Waals surface area contributed by atoms with E-state index >= 15 is 0 Å². The molecule has 1 heterocycles. The van der Waals surface area contributed by atoms with Crippen LogP contribution in [-0.2, 0) is 11.3 Å². The Kier molecular flexibility index (Phi) is 6.99. The number of hydrogen-bond donors (Lipinski definition) is 3. The second kappa shape index (κ2) is 9.22. The number of carbonyl (C=O) groups excluding carboxylic acids is 1. The average molecular weight is 334 g/mol. The Hall–Kier alpha value is -2.15. The molecule has 0 aliphatic heterocycles. The zero-order valence-electron chi connectivity index (χ0n) is 14.2. The summed E-state index contributed by atoms with van der Waals surface area (Å²) in [6, 6.07) is 11.1. The number of aliphatic hydroxyl groups is 1. The Morgan fingerprint density at radius 1 is 1.17 bits per heavy atom. The van der Waals surface area contributed by atoms with Crippen molar-refractivity contribution in [1.82, 2.24) is 0 Å². The number of carbonyl (C=O) groups is 1. The molecule has 24 heavy (non-hydrogen) atoms. The van der Waals surface area contributed by atoms with Crippen LogP contribution in [0.15, 0.2) is 40.8 Å². The minimum Gasteiger partial charge on any atom is -0.465 e. The monoisotopic (exact) mass is 334 g/mol. The molecular formula is C18H26N2O4+2. The van der Waals surface area contributed by atoms with Crippen LogP contribution in [0.4, 0.5) is 0 Å². The number of aliphatic hydroxyl groups excluding tert-OH is 1. The molecule has 1 atom stereocenters. The molecule has 2 aromatic rings. The SMILES string of the molecule is COC(=O)c1ccc(-c2ccc(C[NH2+]CC[NH2+]C[C@H](C)O)o2)cc1. The van der Waals surface area contributed by atoms with Gasteiger partial charge in [0.25, 0.3) is 0 Å². The number of methoxy groups -OCH3 is 1. The van der Waals surface area contributed by atoms with E-state index in [-0.39, 0.29) is 12.1 Å². The van der Waals surface area contributed by atoms with E-state index in [0.29, 0.717) is 5.56 Å². The van der Waals surface area contributed by atoms with Crippen LogP contribution in [0.5, 0.6) is 0 Å². The van der Waals surface area contributed by atoms with E-state index in [0.717, 1.165) is 43.3 Å². The summed E-state index contributed by atoms with van der Waals surface area (Å²) >= 11 is 0. The molecule has 0 bridgehead atoms. The topological polar surface area (TPSA) is 92.9 Å². The van der Waals surface area contributed by atoms with Gasteiger partial charge in [0.1, 0.15) is 31.9 Å². The minimum absolute atomic E-state index is 0.261. The van der Waals surface area contributed by atoms with Crippen LogP contribution in [-0.4, -0.2) is 43.9 Å². The summed E-state index contributed by atoms with van der Waals surface area (Å²) in [6.07, 6.45) is -0.261. The Bertz CT molecular complexity index is 635. The standard InChI is InChI=1S/C18H24N2O4/c1-13(21)11-19-9-10-20-12-16-7-8-17(24-16)14-3-5-15(6-4-14)18(22)23-2/h3-8,13,19-21H,9-12H2,1-2H3/p+2/t13-/m0/s1. The molecule has 6 nitrogen and oxygen atoms in total. The lowest BCUT2D eigenvalue weighted by Gasteiger charge is -2.03. The minimum atomic E-state index is -0.344. The molecule has 0 saturated heterocycles. The normalized spacial score (nSPS) is 12.1. The van der Waals surface area contributed by atoms with Crippen LogP contribution < -0.4 is 10.6 Å². The number of furan rings is 1. The van der Waals surface area contributed by atoms with Gasteiger partial charge in [-0.15, -0.1) is 0 Å². The molecule has 6 heteroatoms. The molecule has 1 aromatic heterocycles. The predicted molar refractivity (Wildman–Crippen MR) is 89.3 cm³/mol. The molecule has 0 spiro atoms. The molecule has 0 radical (unpaired) electrons. The van der Waals surface area contributed by atoms with E-state index < -0.39 is 0 Å². The lowest BCUT2D eigenvalue weighted by atomic mass is 10.1. The third-order valence-electron chi connectivity index (χ3n) is 3.68. The first-order chi connectivity index (χ1) is 11.6. The Morgan fingerprint density at radius 2 is 1.88 bits per heavy atom. The van der Waals surface area contributed by atoms with Gasteiger partial charge in [0, 0.05) is 5.56 Å². The first kappa shape index (κ1) is 18.2. The smallest absolute Gasteiger partial charge is 0.337 e. The van der Waals surface area contributed by atoms with Crippen LogP contribution in [0, 0.1) is 0 Å². The molecule has 0 amide bonds. The molecule has 0 saturated carbocycles. The molecule has 1 aromatic carbocycles. The van der Waals surface area contributed by atoms with Crippen molar-refractivity contribution >= 4 is 5.97 Å². The molecular weight excluding hydrogens is 308 g/mol. The molecule has 0 aliphatic rings. The largest absolute Gasteiger partial charge is 0.465 e. The second-order valence-corrected chi connectivity index (χ2v) is 5.78. The zero-order chi connectivity index (χ0) is 17.4. The van der Waals surface area contributed by atoms with Crippen LogP contribution >= 0.6 is 0 Å². The summed E-state index contributed by atoms with van der Waals surface area (Å²) in [6.45, 7) is 5.25. The van der Waals surface area contributed by atoms with Gasteiger partial charge in [-0.25, -0.2) is 4.79 Å². The zero-order valence-corrected chi connectivity index (χ0v) is 14.2. The number of hydrogen-bond acceptors (Lipinski definition) is 4. The summed E-state index contributed by atoms with van der Waals surface area (Å²) in [5, 5.41) is 13.5. The van der Waals surface area contributed by atoms with Crippen molar-refractivity contribution in [1.29, 1.82) is 0 Å². The third kappa shape index (κ3) is 5.49. The van der Waals surface area contributed by atoms with E-state index in [1.807, 2.05) is 24.3 Å². The van der Waals surface area contributed by atoms with Gasteiger partial charge in [0.05, 0.1) is 18.8 Å². The highest BCUT2D eigenvalue weighted by molar-refractivity contribution is 5.89. The lowest BCUT2D eigenvalue weighted by Crippen LogP contribution is -2.95. The van der Waals surface area contributed by atoms with Crippen molar-refractivity contribution in [3.05, 3.63) is 47.7 Å². The summed E-state index contributed by atoms with van der Waals surface area (Å²) in [5.41, 5.74) is 1.45. The lowest BCUT2D eigenvalue weighted by molar-refractivity contribution is -0.733. The van der Waals surface area contributed by atoms with Crippen molar-refractivity contribution in [2.24, 2.45) is 0 Å². The number of esters is 1. The van der Waals surface area contributed by atoms with Gasteiger partial charge in [-0.1, -0.05) is 12.1 Å². The highest BCUT2D eigenvalue weighted by Crippen LogP contribution is 2.22. The molecule has 130 valence electrons. The summed E-state index contributed by atoms with van der Waals surface area (Å²) in [4.78, 5) is 11.4. The number of nitrogens with two attached hydrogens (primary N) is 2. The van der Waals surface area contributed by atoms with E-state index in [4.69, 9.17) is 4.42 Å². The van der Waals surface area contributed by atoms with E-state index in [2.05, 4.69) is 15.4 Å². The number of ether oxygens (including phenoxy) is 1. The molecule has 0 fully saturated rings. The Labute approximate surface area is 141 Å². The van der Waals surface area contributed by atoms with Crippen LogP contribution in [0.1, 0.15) is 23.0 Å². The van der Waals surface area contributed by atoms with Crippen LogP contribution in [0.3, 0.4) is 0 Å². The fraction of sp³-hybridized carbons (Fsp3) is 0.389. The highest BCUT2D eigenvalue weighted by atomic mass is 16.5. The van der Waals surface area contributed by atoms with Crippen molar-refractivity contribution in [2.75, 3.05) is 26.7 Å². The first-order valence-electron chi connectivity index (χ1n) is 8.19. The van der Waals surface area contributed by atoms with Gasteiger partial charge in [0.15, 0.2) is 5.76 Å². The summed E-state index contributed by atoms with van der Waals surface area (Å²) in [5.74, 6) is 1.36. The predicted octanol–water partition coefficient (Wildman–Crippen LogP) is -0.259. The van der Waals surface area contributed by atoms with E-state index in [1.54, 1.807) is 19.1 Å². The quantitative estimate of drug-likeness (QED) is 0.435. The fourth-order valence-electron chi connectivity index (χ4n) is 2.37. The van der Waals surface area contributed by atoms with Crippen molar-refractivity contribution < 1.29 is 29.7 Å². The first-order valence-corrected chi connectivity index (χ1v) is 8.19. The highest BCUT2D eigenvalue weighted by Gasteiger charge is 2.09. The number of quaternary nitrogens is 2. The van der Waals surface area contributed by atoms with Crippen molar-refractivity contribution in [3.63, 3.8) is 0 Å². The van der Waals surface area contributed by atoms with E-state index in [9.17, 15) is 9.90 Å². The van der Waals surface area contributed by atoms with Gasteiger partial charge in [-0.05, 0) is 31.2 Å². The second-order valence-electron chi connectivity index (χ2n) is 5.78. The van der Waals surface area contributed by atoms with Crippen LogP contribution in [0.25, 0.3) is 11.3 Å². The summed E-state index contributed by atoms with van der Waals surface area (Å²) in [7, 11) is 1.37. The van der Waals surface area contributed by atoms with Crippen molar-refractivity contribution in [3.8, 4) is 11.3 Å². The summed E-state index contributed by atoms with van der Waals surface area (Å²) < 4.78 is 10.5. The number of benzene rings is 1. The Morgan fingerprint density at radius 3 is 2.54 bits per heavy atom. The average Bonchev–Trinajstić information content (AvgIpc) is 3.06. The van der Waals surface area contributed by atoms with Gasteiger partial charge >= 0.3 is 5.97 Å². The maximum Gasteiger partial charge on any atom is 0.337 e. The van der Waals surface area contributed by atoms with Gasteiger partial charge < -0.3 is 24.9 Å². The van der Waals surface area contributed by atoms with Gasteiger partial charge in [0.2, 0.25) is 0 Å². The maximum absolute atomic E-state index is 11.4. The molecule has 0 unspecified atom stereocenters. The Balaban J connectivity index is 1.81. The molecule has 0 aliphatic carbocycles. The van der Waals surface area contributed by atoms with E-state index in [1.165, 1.54) is 7.11 Å².